The topological polar surface area (TPSA) is 75.1 Å². The van der Waals surface area contributed by atoms with Crippen LogP contribution >= 0.6 is 11.3 Å². The minimum Gasteiger partial charge on any atom is -0.363 e. The van der Waals surface area contributed by atoms with Gasteiger partial charge in [-0.05, 0) is 32.4 Å². The number of aryl methyl sites for hydroxylation is 2. The Kier molecular flexibility index (Phi) is 3.06. The fourth-order valence-corrected chi connectivity index (χ4v) is 3.29. The van der Waals surface area contributed by atoms with Crippen molar-refractivity contribution >= 4 is 22.8 Å². The Bertz CT molecular complexity index is 816. The molecule has 0 aliphatic heterocycles. The largest absolute Gasteiger partial charge is 0.363 e. The molecule has 1 unspecified atom stereocenters. The number of nitrogens with one attached hydrogen (secondary N) is 2. The summed E-state index contributed by atoms with van der Waals surface area (Å²) in [7, 11) is 0. The lowest BCUT2D eigenvalue weighted by atomic mass is 10.1. The second kappa shape index (κ2) is 4.75. The quantitative estimate of drug-likeness (QED) is 0.775. The van der Waals surface area contributed by atoms with Crippen LogP contribution in [0.25, 0.3) is 5.65 Å². The lowest BCUT2D eigenvalue weighted by Crippen LogP contribution is -2.12. The molecule has 0 amide bonds. The van der Waals surface area contributed by atoms with E-state index in [1.54, 1.807) is 17.4 Å². The minimum atomic E-state index is -0.281. The predicted octanol–water partition coefficient (Wildman–Crippen LogP) is 2.27. The third-order valence-corrected chi connectivity index (χ3v) is 4.20. The van der Waals surface area contributed by atoms with Crippen molar-refractivity contribution in [2.75, 3.05) is 5.32 Å². The van der Waals surface area contributed by atoms with Crippen LogP contribution in [0.4, 0.5) is 5.82 Å². The van der Waals surface area contributed by atoms with Gasteiger partial charge in [-0.1, -0.05) is 0 Å². The number of fused-ring (bicyclic) bond motifs is 1. The van der Waals surface area contributed by atoms with Gasteiger partial charge in [0.05, 0.1) is 6.04 Å². The summed E-state index contributed by atoms with van der Waals surface area (Å²) in [6, 6.07) is 4.10. The number of aromatic nitrogens is 4. The highest BCUT2D eigenvalue weighted by atomic mass is 32.1. The standard InChI is InChI=1S/C13H15N5OS/c1-7-4-10(9(3)20-7)8(2)15-11-5-12-16-17-13(19)18(12)6-14-11/h4-6,8,15H,1-3H3,(H,17,19). The summed E-state index contributed by atoms with van der Waals surface area (Å²) >= 11 is 1.79. The first kappa shape index (κ1) is 12.9. The van der Waals surface area contributed by atoms with Gasteiger partial charge in [-0.2, -0.15) is 5.10 Å². The van der Waals surface area contributed by atoms with Gasteiger partial charge in [0.15, 0.2) is 5.65 Å². The summed E-state index contributed by atoms with van der Waals surface area (Å²) in [5.41, 5.74) is 1.54. The number of anilines is 1. The zero-order valence-electron chi connectivity index (χ0n) is 11.5. The van der Waals surface area contributed by atoms with Gasteiger partial charge in [0.2, 0.25) is 0 Å². The fraction of sp³-hybridized carbons (Fsp3) is 0.308. The molecule has 7 heteroatoms. The van der Waals surface area contributed by atoms with E-state index < -0.39 is 0 Å². The van der Waals surface area contributed by atoms with Crippen molar-refractivity contribution in [3.05, 3.63) is 44.3 Å². The zero-order chi connectivity index (χ0) is 14.3. The van der Waals surface area contributed by atoms with Crippen LogP contribution in [-0.2, 0) is 0 Å². The normalized spacial score (nSPS) is 12.8. The van der Waals surface area contributed by atoms with E-state index in [1.807, 2.05) is 0 Å². The van der Waals surface area contributed by atoms with Crippen molar-refractivity contribution in [2.24, 2.45) is 0 Å². The summed E-state index contributed by atoms with van der Waals surface area (Å²) in [5.74, 6) is 0.701. The molecule has 0 fully saturated rings. The van der Waals surface area contributed by atoms with Crippen molar-refractivity contribution < 1.29 is 0 Å². The van der Waals surface area contributed by atoms with Gasteiger partial charge in [0, 0.05) is 15.8 Å². The van der Waals surface area contributed by atoms with Crippen LogP contribution in [-0.4, -0.2) is 19.6 Å². The molecule has 3 heterocycles. The number of hydrogen-bond acceptors (Lipinski definition) is 5. The maximum Gasteiger partial charge on any atom is 0.348 e. The first-order valence-electron chi connectivity index (χ1n) is 6.31. The molecule has 1 atom stereocenters. The molecule has 0 aliphatic rings. The maximum absolute atomic E-state index is 11.4. The van der Waals surface area contributed by atoms with E-state index in [0.717, 1.165) is 0 Å². The second-order valence-electron chi connectivity index (χ2n) is 4.77. The summed E-state index contributed by atoms with van der Waals surface area (Å²) in [6.07, 6.45) is 1.47. The summed E-state index contributed by atoms with van der Waals surface area (Å²) < 4.78 is 1.37. The highest BCUT2D eigenvalue weighted by Gasteiger charge is 2.12. The van der Waals surface area contributed by atoms with Crippen molar-refractivity contribution in [1.29, 1.82) is 0 Å². The van der Waals surface area contributed by atoms with E-state index in [-0.39, 0.29) is 11.7 Å². The molecule has 3 aromatic heterocycles. The molecule has 20 heavy (non-hydrogen) atoms. The molecule has 2 N–H and O–H groups in total. The van der Waals surface area contributed by atoms with E-state index in [4.69, 9.17) is 0 Å². The Labute approximate surface area is 119 Å². The number of nitrogens with zero attached hydrogens (tertiary/aromatic N) is 3. The minimum absolute atomic E-state index is 0.153. The number of aromatic amines is 1. The average molecular weight is 289 g/mol. The molecule has 0 saturated heterocycles. The average Bonchev–Trinajstić information content (AvgIpc) is 2.93. The van der Waals surface area contributed by atoms with Crippen molar-refractivity contribution in [1.82, 2.24) is 19.6 Å². The van der Waals surface area contributed by atoms with Crippen molar-refractivity contribution in [3.8, 4) is 0 Å². The lowest BCUT2D eigenvalue weighted by molar-refractivity contribution is 0.867. The Morgan fingerprint density at radius 3 is 2.90 bits per heavy atom. The molecule has 3 aromatic rings. The number of rotatable bonds is 3. The molecule has 0 bridgehead atoms. The predicted molar refractivity (Wildman–Crippen MR) is 79.4 cm³/mol. The van der Waals surface area contributed by atoms with Gasteiger partial charge in [-0.25, -0.2) is 19.3 Å². The highest BCUT2D eigenvalue weighted by Crippen LogP contribution is 2.28. The van der Waals surface area contributed by atoms with Gasteiger partial charge in [-0.15, -0.1) is 11.3 Å². The van der Waals surface area contributed by atoms with Crippen LogP contribution in [0.3, 0.4) is 0 Å². The van der Waals surface area contributed by atoms with Crippen LogP contribution in [0.5, 0.6) is 0 Å². The molecule has 0 saturated carbocycles. The van der Waals surface area contributed by atoms with E-state index >= 15 is 0 Å². The molecule has 104 valence electrons. The van der Waals surface area contributed by atoms with E-state index in [1.165, 1.54) is 26.0 Å². The molecular weight excluding hydrogens is 274 g/mol. The Hall–Kier alpha value is -2.15. The van der Waals surface area contributed by atoms with Crippen LogP contribution in [0, 0.1) is 13.8 Å². The van der Waals surface area contributed by atoms with Crippen LogP contribution in [0.15, 0.2) is 23.3 Å². The molecule has 0 aliphatic carbocycles. The maximum atomic E-state index is 11.4. The van der Waals surface area contributed by atoms with Crippen LogP contribution in [0.2, 0.25) is 0 Å². The molecule has 0 radical (unpaired) electrons. The summed E-state index contributed by atoms with van der Waals surface area (Å²) in [4.78, 5) is 18.2. The first-order chi connectivity index (χ1) is 9.54. The van der Waals surface area contributed by atoms with Crippen LogP contribution in [0.1, 0.15) is 28.3 Å². The van der Waals surface area contributed by atoms with Crippen molar-refractivity contribution in [3.63, 3.8) is 0 Å². The SMILES string of the molecule is Cc1cc(C(C)Nc2cc3n[nH]c(=O)n3cn2)c(C)s1. The first-order valence-corrected chi connectivity index (χ1v) is 7.12. The molecular formula is C13H15N5OS. The number of thiophene rings is 1. The van der Waals surface area contributed by atoms with Gasteiger partial charge >= 0.3 is 5.69 Å². The second-order valence-corrected chi connectivity index (χ2v) is 6.23. The van der Waals surface area contributed by atoms with Crippen molar-refractivity contribution in [2.45, 2.75) is 26.8 Å². The zero-order valence-corrected chi connectivity index (χ0v) is 12.3. The third kappa shape index (κ3) is 2.20. The molecule has 6 nitrogen and oxygen atoms in total. The van der Waals surface area contributed by atoms with E-state index in [9.17, 15) is 4.79 Å². The number of H-pyrrole nitrogens is 1. The van der Waals surface area contributed by atoms with E-state index in [0.29, 0.717) is 11.5 Å². The Morgan fingerprint density at radius 1 is 1.40 bits per heavy atom. The summed E-state index contributed by atoms with van der Waals surface area (Å²) in [5, 5.41) is 9.66. The van der Waals surface area contributed by atoms with Gasteiger partial charge < -0.3 is 5.32 Å². The Morgan fingerprint density at radius 2 is 2.20 bits per heavy atom. The molecule has 3 rings (SSSR count). The van der Waals surface area contributed by atoms with Gasteiger partial charge in [0.1, 0.15) is 12.1 Å². The smallest absolute Gasteiger partial charge is 0.348 e. The van der Waals surface area contributed by atoms with Gasteiger partial charge in [-0.3, -0.25) is 0 Å². The monoisotopic (exact) mass is 289 g/mol. The van der Waals surface area contributed by atoms with Crippen LogP contribution < -0.4 is 11.0 Å². The highest BCUT2D eigenvalue weighted by molar-refractivity contribution is 7.12. The Balaban J connectivity index is 1.88. The molecule has 0 spiro atoms. The fourth-order valence-electron chi connectivity index (χ4n) is 2.27. The summed E-state index contributed by atoms with van der Waals surface area (Å²) in [6.45, 7) is 6.32. The lowest BCUT2D eigenvalue weighted by Gasteiger charge is -2.14. The number of hydrogen-bond donors (Lipinski definition) is 2. The van der Waals surface area contributed by atoms with Gasteiger partial charge in [0.25, 0.3) is 0 Å². The molecule has 0 aromatic carbocycles. The third-order valence-electron chi connectivity index (χ3n) is 3.22. The van der Waals surface area contributed by atoms with E-state index in [2.05, 4.69) is 47.3 Å².